The van der Waals surface area contributed by atoms with E-state index in [1.807, 2.05) is 49.4 Å². The van der Waals surface area contributed by atoms with Crippen LogP contribution in [0, 0.1) is 0 Å². The van der Waals surface area contributed by atoms with E-state index in [2.05, 4.69) is 11.4 Å². The molecule has 28 heavy (non-hydrogen) atoms. The summed E-state index contributed by atoms with van der Waals surface area (Å²) in [6, 6.07) is 15.5. The highest BCUT2D eigenvalue weighted by atomic mass is 16.5. The number of carbonyl (C=O) groups is 2. The molecule has 0 fully saturated rings. The molecule has 1 amide bonds. The summed E-state index contributed by atoms with van der Waals surface area (Å²) in [6.07, 6.45) is 5.93. The first-order chi connectivity index (χ1) is 13.7. The number of hydrogen-bond donors (Lipinski definition) is 1. The lowest BCUT2D eigenvalue weighted by atomic mass is 9.88. The molecule has 0 spiro atoms. The molecule has 146 valence electrons. The van der Waals surface area contributed by atoms with E-state index in [4.69, 9.17) is 9.47 Å². The van der Waals surface area contributed by atoms with E-state index in [-0.39, 0.29) is 18.6 Å². The zero-order chi connectivity index (χ0) is 19.8. The predicted octanol–water partition coefficient (Wildman–Crippen LogP) is 3.84. The van der Waals surface area contributed by atoms with Crippen LogP contribution in [0.5, 0.6) is 5.75 Å². The molecule has 0 saturated carbocycles. The lowest BCUT2D eigenvalue weighted by Crippen LogP contribution is -2.34. The smallest absolute Gasteiger partial charge is 0.331 e. The van der Waals surface area contributed by atoms with Gasteiger partial charge < -0.3 is 14.8 Å². The third kappa shape index (κ3) is 5.46. The van der Waals surface area contributed by atoms with E-state index < -0.39 is 5.97 Å². The van der Waals surface area contributed by atoms with Gasteiger partial charge >= 0.3 is 5.97 Å². The molecule has 0 aliphatic heterocycles. The number of carbonyl (C=O) groups excluding carboxylic acids is 2. The zero-order valence-electron chi connectivity index (χ0n) is 16.0. The molecule has 1 aliphatic carbocycles. The summed E-state index contributed by atoms with van der Waals surface area (Å²) >= 11 is 0. The Bertz CT molecular complexity index is 842. The van der Waals surface area contributed by atoms with E-state index in [1.165, 1.54) is 11.6 Å². The molecule has 1 aliphatic rings. The minimum Gasteiger partial charge on any atom is -0.494 e. The van der Waals surface area contributed by atoms with Gasteiger partial charge in [-0.15, -0.1) is 0 Å². The first kappa shape index (κ1) is 19.7. The second kappa shape index (κ2) is 9.74. The van der Waals surface area contributed by atoms with Crippen LogP contribution in [0.2, 0.25) is 0 Å². The predicted molar refractivity (Wildman–Crippen MR) is 108 cm³/mol. The van der Waals surface area contributed by atoms with E-state index >= 15 is 0 Å². The van der Waals surface area contributed by atoms with Crippen LogP contribution in [-0.4, -0.2) is 25.1 Å². The number of benzene rings is 2. The van der Waals surface area contributed by atoms with E-state index in [0.29, 0.717) is 6.61 Å². The summed E-state index contributed by atoms with van der Waals surface area (Å²) < 4.78 is 10.4. The minimum atomic E-state index is -0.548. The molecular formula is C23H25NO4. The number of fused-ring (bicyclic) bond motifs is 1. The number of aryl methyl sites for hydroxylation is 1. The summed E-state index contributed by atoms with van der Waals surface area (Å²) in [4.78, 5) is 24.0. The standard InChI is InChI=1S/C23H25NO4/c1-2-27-19-13-10-17(11-14-19)12-15-23(26)28-16-22(25)24-21-9-5-7-18-6-3-4-8-20(18)21/h3-4,6,8,10-15,21H,2,5,7,9,16H2,1H3,(H,24,25)/b15-12+/t21-/m1/s1. The van der Waals surface area contributed by atoms with Gasteiger partial charge in [0.25, 0.3) is 5.91 Å². The van der Waals surface area contributed by atoms with E-state index in [1.54, 1.807) is 6.08 Å². The summed E-state index contributed by atoms with van der Waals surface area (Å²) in [5.74, 6) is -0.0548. The van der Waals surface area contributed by atoms with Gasteiger partial charge in [0, 0.05) is 6.08 Å². The molecule has 2 aromatic carbocycles. The van der Waals surface area contributed by atoms with Gasteiger partial charge in [0.15, 0.2) is 6.61 Å². The van der Waals surface area contributed by atoms with Crippen LogP contribution in [-0.2, 0) is 20.7 Å². The summed E-state index contributed by atoms with van der Waals surface area (Å²) in [7, 11) is 0. The molecule has 0 heterocycles. The Balaban J connectivity index is 1.46. The van der Waals surface area contributed by atoms with Gasteiger partial charge in [-0.1, -0.05) is 36.4 Å². The minimum absolute atomic E-state index is 0.0180. The molecule has 0 radical (unpaired) electrons. The Morgan fingerprint density at radius 1 is 1.14 bits per heavy atom. The van der Waals surface area contributed by atoms with Crippen molar-refractivity contribution >= 4 is 18.0 Å². The Morgan fingerprint density at radius 2 is 1.93 bits per heavy atom. The van der Waals surface area contributed by atoms with Crippen molar-refractivity contribution in [2.24, 2.45) is 0 Å². The van der Waals surface area contributed by atoms with Crippen LogP contribution in [0.1, 0.15) is 42.5 Å². The highest BCUT2D eigenvalue weighted by Crippen LogP contribution is 2.29. The summed E-state index contributed by atoms with van der Waals surface area (Å²) in [5, 5.41) is 2.97. The first-order valence-corrected chi connectivity index (χ1v) is 9.60. The monoisotopic (exact) mass is 379 g/mol. The largest absolute Gasteiger partial charge is 0.494 e. The molecule has 0 bridgehead atoms. The number of esters is 1. The molecule has 1 atom stereocenters. The summed E-state index contributed by atoms with van der Waals surface area (Å²) in [5.41, 5.74) is 3.28. The molecule has 5 heteroatoms. The Kier molecular flexibility index (Phi) is 6.84. The average molecular weight is 379 g/mol. The Labute approximate surface area is 165 Å². The SMILES string of the molecule is CCOc1ccc(/C=C/C(=O)OCC(=O)N[C@@H]2CCCc3ccccc32)cc1. The van der Waals surface area contributed by atoms with Gasteiger partial charge in [-0.2, -0.15) is 0 Å². The Hall–Kier alpha value is -3.08. The lowest BCUT2D eigenvalue weighted by Gasteiger charge is -2.26. The first-order valence-electron chi connectivity index (χ1n) is 9.60. The highest BCUT2D eigenvalue weighted by molar-refractivity contribution is 5.89. The van der Waals surface area contributed by atoms with Crippen molar-refractivity contribution in [2.45, 2.75) is 32.2 Å². The zero-order valence-corrected chi connectivity index (χ0v) is 16.0. The highest BCUT2D eigenvalue weighted by Gasteiger charge is 2.21. The van der Waals surface area contributed by atoms with Crippen LogP contribution >= 0.6 is 0 Å². The average Bonchev–Trinajstić information content (AvgIpc) is 2.72. The van der Waals surface area contributed by atoms with Crippen LogP contribution < -0.4 is 10.1 Å². The van der Waals surface area contributed by atoms with Gasteiger partial charge in [0.05, 0.1) is 12.6 Å². The molecule has 0 aromatic heterocycles. The van der Waals surface area contributed by atoms with Crippen LogP contribution in [0.25, 0.3) is 6.08 Å². The van der Waals surface area contributed by atoms with E-state index in [0.717, 1.165) is 36.1 Å². The fourth-order valence-electron chi connectivity index (χ4n) is 3.33. The fraction of sp³-hybridized carbons (Fsp3) is 0.304. The fourth-order valence-corrected chi connectivity index (χ4v) is 3.33. The third-order valence-corrected chi connectivity index (χ3v) is 4.65. The van der Waals surface area contributed by atoms with Crippen molar-refractivity contribution in [3.63, 3.8) is 0 Å². The topological polar surface area (TPSA) is 64.6 Å². The number of hydrogen-bond acceptors (Lipinski definition) is 4. The van der Waals surface area contributed by atoms with Crippen molar-refractivity contribution in [2.75, 3.05) is 13.2 Å². The maximum absolute atomic E-state index is 12.2. The van der Waals surface area contributed by atoms with Crippen molar-refractivity contribution < 1.29 is 19.1 Å². The molecule has 0 unspecified atom stereocenters. The Morgan fingerprint density at radius 3 is 2.71 bits per heavy atom. The van der Waals surface area contributed by atoms with Crippen molar-refractivity contribution in [1.82, 2.24) is 5.32 Å². The van der Waals surface area contributed by atoms with Crippen molar-refractivity contribution in [3.8, 4) is 5.75 Å². The second-order valence-electron chi connectivity index (χ2n) is 6.65. The lowest BCUT2D eigenvalue weighted by molar-refractivity contribution is -0.144. The van der Waals surface area contributed by atoms with E-state index in [9.17, 15) is 9.59 Å². The molecular weight excluding hydrogens is 354 g/mol. The van der Waals surface area contributed by atoms with Gasteiger partial charge in [-0.3, -0.25) is 4.79 Å². The van der Waals surface area contributed by atoms with Crippen molar-refractivity contribution in [1.29, 1.82) is 0 Å². The summed E-state index contributed by atoms with van der Waals surface area (Å²) in [6.45, 7) is 2.24. The van der Waals surface area contributed by atoms with Gasteiger partial charge in [-0.05, 0) is 61.1 Å². The van der Waals surface area contributed by atoms with Crippen LogP contribution in [0.15, 0.2) is 54.6 Å². The van der Waals surface area contributed by atoms with Gasteiger partial charge in [-0.25, -0.2) is 4.79 Å². The molecule has 1 N–H and O–H groups in total. The quantitative estimate of drug-likeness (QED) is 0.586. The maximum Gasteiger partial charge on any atom is 0.331 e. The third-order valence-electron chi connectivity index (χ3n) is 4.65. The van der Waals surface area contributed by atoms with Crippen LogP contribution in [0.3, 0.4) is 0 Å². The molecule has 2 aromatic rings. The van der Waals surface area contributed by atoms with Crippen LogP contribution in [0.4, 0.5) is 0 Å². The van der Waals surface area contributed by atoms with Gasteiger partial charge in [0.1, 0.15) is 5.75 Å². The number of nitrogens with one attached hydrogen (secondary N) is 1. The van der Waals surface area contributed by atoms with Crippen molar-refractivity contribution in [3.05, 3.63) is 71.3 Å². The second-order valence-corrected chi connectivity index (χ2v) is 6.65. The number of amides is 1. The molecule has 3 rings (SSSR count). The number of ether oxygens (including phenoxy) is 2. The maximum atomic E-state index is 12.2. The number of rotatable bonds is 7. The normalized spacial score (nSPS) is 15.7. The molecule has 0 saturated heterocycles. The molecule has 5 nitrogen and oxygen atoms in total. The van der Waals surface area contributed by atoms with Gasteiger partial charge in [0.2, 0.25) is 0 Å².